The van der Waals surface area contributed by atoms with Crippen LogP contribution in [-0.2, 0) is 22.4 Å². The number of rotatable bonds is 3. The number of ether oxygens (including phenoxy) is 2. The second-order valence-electron chi connectivity index (χ2n) is 7.42. The Bertz CT molecular complexity index is 655. The fourth-order valence-electron chi connectivity index (χ4n) is 3.08. The molecule has 1 fully saturated rings. The van der Waals surface area contributed by atoms with Gasteiger partial charge in [0.25, 0.3) is 0 Å². The zero-order chi connectivity index (χ0) is 18.7. The lowest BCUT2D eigenvalue weighted by Crippen LogP contribution is -2.43. The van der Waals surface area contributed by atoms with Gasteiger partial charge in [-0.2, -0.15) is 4.98 Å². The molecule has 2 aliphatic rings. The van der Waals surface area contributed by atoms with Crippen LogP contribution in [0.4, 0.5) is 16.6 Å². The highest BCUT2D eigenvalue weighted by Crippen LogP contribution is 2.29. The molecule has 1 aromatic heterocycles. The first-order valence-electron chi connectivity index (χ1n) is 9.00. The second-order valence-corrected chi connectivity index (χ2v) is 7.42. The van der Waals surface area contributed by atoms with Gasteiger partial charge in [-0.15, -0.1) is 0 Å². The van der Waals surface area contributed by atoms with Gasteiger partial charge in [0.15, 0.2) is 0 Å². The topological polar surface area (TPSA) is 91.9 Å². The summed E-state index contributed by atoms with van der Waals surface area (Å²) < 4.78 is 11.0. The molecule has 0 bridgehead atoms. The minimum absolute atomic E-state index is 0.298. The van der Waals surface area contributed by atoms with Gasteiger partial charge < -0.3 is 19.3 Å². The Labute approximate surface area is 154 Å². The van der Waals surface area contributed by atoms with Crippen molar-refractivity contribution in [3.05, 3.63) is 11.3 Å². The molecule has 2 aliphatic heterocycles. The van der Waals surface area contributed by atoms with Gasteiger partial charge in [-0.25, -0.2) is 15.2 Å². The van der Waals surface area contributed by atoms with Crippen LogP contribution in [0.25, 0.3) is 0 Å². The maximum atomic E-state index is 12.5. The number of aromatic nitrogens is 2. The molecule has 0 saturated carbocycles. The highest BCUT2D eigenvalue weighted by molar-refractivity contribution is 5.69. The second kappa shape index (κ2) is 7.63. The molecule has 1 amide bonds. The van der Waals surface area contributed by atoms with Crippen molar-refractivity contribution in [1.29, 1.82) is 0 Å². The first-order chi connectivity index (χ1) is 12.4. The molecule has 9 heteroatoms. The lowest BCUT2D eigenvalue weighted by molar-refractivity contribution is 0.0222. The number of hydrogen-bond donors (Lipinski definition) is 2. The van der Waals surface area contributed by atoms with E-state index in [1.165, 1.54) is 0 Å². The monoisotopic (exact) mass is 364 g/mol. The van der Waals surface area contributed by atoms with Crippen molar-refractivity contribution in [3.63, 3.8) is 0 Å². The molecule has 0 aromatic carbocycles. The van der Waals surface area contributed by atoms with E-state index in [1.54, 1.807) is 11.9 Å². The van der Waals surface area contributed by atoms with Crippen LogP contribution < -0.4 is 15.8 Å². The average Bonchev–Trinajstić information content (AvgIpc) is 2.60. The lowest BCUT2D eigenvalue weighted by Gasteiger charge is -2.35. The lowest BCUT2D eigenvalue weighted by atomic mass is 10.1. The van der Waals surface area contributed by atoms with Gasteiger partial charge in [0.05, 0.1) is 25.5 Å². The Kier molecular flexibility index (Phi) is 5.47. The van der Waals surface area contributed by atoms with Gasteiger partial charge in [0.1, 0.15) is 11.4 Å². The van der Waals surface area contributed by atoms with Crippen molar-refractivity contribution in [2.45, 2.75) is 39.3 Å². The number of anilines is 2. The molecule has 0 radical (unpaired) electrons. The van der Waals surface area contributed by atoms with Crippen LogP contribution in [0.15, 0.2) is 0 Å². The molecule has 0 spiro atoms. The summed E-state index contributed by atoms with van der Waals surface area (Å²) in [6, 6.07) is 0. The van der Waals surface area contributed by atoms with Crippen LogP contribution in [0.2, 0.25) is 0 Å². The standard InChI is InChI=1S/C17H28N6O3/c1-17(2,3)26-16(24)23-6-5-13-12(11-23)14(20-15(19-13)21-18-4)22-7-9-25-10-8-22/h18H,5-11H2,1-4H3,(H,19,20,21). The van der Waals surface area contributed by atoms with Crippen molar-refractivity contribution in [2.24, 2.45) is 0 Å². The fraction of sp³-hybridized carbons (Fsp3) is 0.706. The van der Waals surface area contributed by atoms with Crippen molar-refractivity contribution in [2.75, 3.05) is 50.2 Å². The van der Waals surface area contributed by atoms with Gasteiger partial charge >= 0.3 is 6.09 Å². The smallest absolute Gasteiger partial charge is 0.410 e. The molecule has 2 N–H and O–H groups in total. The van der Waals surface area contributed by atoms with Gasteiger partial charge in [-0.3, -0.25) is 5.43 Å². The summed E-state index contributed by atoms with van der Waals surface area (Å²) >= 11 is 0. The SMILES string of the molecule is CNNc1nc2c(c(N3CCOCC3)n1)CN(C(=O)OC(C)(C)C)CC2. The van der Waals surface area contributed by atoms with Gasteiger partial charge in [-0.05, 0) is 20.8 Å². The molecule has 0 unspecified atom stereocenters. The largest absolute Gasteiger partial charge is 0.444 e. The molecule has 3 heterocycles. The predicted octanol–water partition coefficient (Wildman–Crippen LogP) is 1.15. The maximum Gasteiger partial charge on any atom is 0.410 e. The molecule has 1 saturated heterocycles. The zero-order valence-corrected chi connectivity index (χ0v) is 16.0. The zero-order valence-electron chi connectivity index (χ0n) is 16.0. The molecule has 0 aliphatic carbocycles. The highest BCUT2D eigenvalue weighted by Gasteiger charge is 2.30. The van der Waals surface area contributed by atoms with Gasteiger partial charge in [0.2, 0.25) is 5.95 Å². The summed E-state index contributed by atoms with van der Waals surface area (Å²) in [4.78, 5) is 25.7. The minimum Gasteiger partial charge on any atom is -0.444 e. The molecule has 9 nitrogen and oxygen atoms in total. The third-order valence-electron chi connectivity index (χ3n) is 4.24. The number of nitrogens with one attached hydrogen (secondary N) is 2. The third kappa shape index (κ3) is 4.34. The first kappa shape index (κ1) is 18.7. The Morgan fingerprint density at radius 1 is 1.19 bits per heavy atom. The molecule has 144 valence electrons. The third-order valence-corrected chi connectivity index (χ3v) is 4.24. The average molecular weight is 364 g/mol. The number of carbonyl (C=O) groups is 1. The summed E-state index contributed by atoms with van der Waals surface area (Å²) in [5.41, 5.74) is 7.29. The molecular weight excluding hydrogens is 336 g/mol. The van der Waals surface area contributed by atoms with Crippen molar-refractivity contribution < 1.29 is 14.3 Å². The number of carbonyl (C=O) groups excluding carboxylic acids is 1. The van der Waals surface area contributed by atoms with Crippen LogP contribution in [0.5, 0.6) is 0 Å². The van der Waals surface area contributed by atoms with E-state index in [-0.39, 0.29) is 6.09 Å². The highest BCUT2D eigenvalue weighted by atomic mass is 16.6. The van der Waals surface area contributed by atoms with Crippen LogP contribution in [0.3, 0.4) is 0 Å². The van der Waals surface area contributed by atoms with E-state index < -0.39 is 5.60 Å². The van der Waals surface area contributed by atoms with Crippen molar-refractivity contribution in [3.8, 4) is 0 Å². The van der Waals surface area contributed by atoms with Gasteiger partial charge in [-0.1, -0.05) is 0 Å². The number of morpholine rings is 1. The maximum absolute atomic E-state index is 12.5. The molecule has 26 heavy (non-hydrogen) atoms. The summed E-state index contributed by atoms with van der Waals surface area (Å²) in [5, 5.41) is 0. The van der Waals surface area contributed by atoms with E-state index in [0.717, 1.165) is 30.2 Å². The van der Waals surface area contributed by atoms with Gasteiger partial charge in [0, 0.05) is 38.7 Å². The van der Waals surface area contributed by atoms with Crippen molar-refractivity contribution in [1.82, 2.24) is 20.3 Å². The van der Waals surface area contributed by atoms with Crippen LogP contribution in [0, 0.1) is 0 Å². The number of fused-ring (bicyclic) bond motifs is 1. The fourth-order valence-corrected chi connectivity index (χ4v) is 3.08. The summed E-state index contributed by atoms with van der Waals surface area (Å²) in [6.45, 7) is 9.55. The number of nitrogens with zero attached hydrogens (tertiary/aromatic N) is 4. The number of hydrazine groups is 1. The van der Waals surface area contributed by atoms with E-state index in [4.69, 9.17) is 9.47 Å². The summed E-state index contributed by atoms with van der Waals surface area (Å²) in [6.07, 6.45) is 0.376. The molecule has 1 aromatic rings. The van der Waals surface area contributed by atoms with E-state index >= 15 is 0 Å². The van der Waals surface area contributed by atoms with E-state index in [9.17, 15) is 4.79 Å². The molecular formula is C17H28N6O3. The Balaban J connectivity index is 1.88. The number of hydrogen-bond acceptors (Lipinski definition) is 8. The normalized spacial score (nSPS) is 17.7. The Hall–Kier alpha value is -2.13. The molecule has 0 atom stereocenters. The molecule has 3 rings (SSSR count). The minimum atomic E-state index is -0.512. The van der Waals surface area contributed by atoms with E-state index in [0.29, 0.717) is 38.7 Å². The summed E-state index contributed by atoms with van der Waals surface area (Å²) in [5.74, 6) is 1.41. The predicted molar refractivity (Wildman–Crippen MR) is 98.1 cm³/mol. The number of amides is 1. The van der Waals surface area contributed by atoms with Crippen molar-refractivity contribution >= 4 is 17.9 Å². The Morgan fingerprint density at radius 3 is 2.58 bits per heavy atom. The van der Waals surface area contributed by atoms with E-state index in [1.807, 2.05) is 20.8 Å². The van der Waals surface area contributed by atoms with Crippen LogP contribution >= 0.6 is 0 Å². The van der Waals surface area contributed by atoms with E-state index in [2.05, 4.69) is 25.7 Å². The Morgan fingerprint density at radius 2 is 1.92 bits per heavy atom. The quantitative estimate of drug-likeness (QED) is 0.772. The van der Waals surface area contributed by atoms with Crippen LogP contribution in [0.1, 0.15) is 32.0 Å². The summed E-state index contributed by atoms with van der Waals surface area (Å²) in [7, 11) is 1.78. The van der Waals surface area contributed by atoms with Crippen LogP contribution in [-0.4, -0.2) is 66.5 Å². The first-order valence-corrected chi connectivity index (χ1v) is 9.00.